The smallest absolute Gasteiger partial charge is 0.0462 e. The molecule has 0 fully saturated rings. The summed E-state index contributed by atoms with van der Waals surface area (Å²) in [5, 5.41) is 1.94. The zero-order valence-corrected chi connectivity index (χ0v) is 9.82. The zero-order valence-electron chi connectivity index (χ0n) is 9.82. The first-order valence-electron chi connectivity index (χ1n) is 5.82. The van der Waals surface area contributed by atoms with E-state index in [0.717, 1.165) is 6.54 Å². The predicted molar refractivity (Wildman–Crippen MR) is 65.3 cm³/mol. The van der Waals surface area contributed by atoms with Crippen molar-refractivity contribution in [1.82, 2.24) is 5.01 Å². The highest BCUT2D eigenvalue weighted by atomic mass is 15.4. The molecular weight excluding hydrogens is 184 g/mol. The van der Waals surface area contributed by atoms with Crippen molar-refractivity contribution in [2.24, 2.45) is 5.84 Å². The van der Waals surface area contributed by atoms with E-state index in [9.17, 15) is 0 Å². The van der Waals surface area contributed by atoms with E-state index in [4.69, 9.17) is 5.84 Å². The van der Waals surface area contributed by atoms with Gasteiger partial charge in [0.15, 0.2) is 0 Å². The van der Waals surface area contributed by atoms with Crippen LogP contribution in [0.25, 0.3) is 0 Å². The largest absolute Gasteiger partial charge is 0.268 e. The van der Waals surface area contributed by atoms with E-state index in [-0.39, 0.29) is 0 Å². The molecule has 15 heavy (non-hydrogen) atoms. The zero-order chi connectivity index (χ0) is 11.1. The van der Waals surface area contributed by atoms with Crippen molar-refractivity contribution in [2.75, 3.05) is 6.54 Å². The van der Waals surface area contributed by atoms with Crippen LogP contribution in [0.3, 0.4) is 0 Å². The Hall–Kier alpha value is -0.860. The van der Waals surface area contributed by atoms with E-state index in [1.165, 1.54) is 24.8 Å². The summed E-state index contributed by atoms with van der Waals surface area (Å²) in [6.07, 6.45) is 3.69. The summed E-state index contributed by atoms with van der Waals surface area (Å²) in [5.41, 5.74) is 1.29. The predicted octanol–water partition coefficient (Wildman–Crippen LogP) is 3.11. The maximum atomic E-state index is 6.02. The van der Waals surface area contributed by atoms with Crippen LogP contribution < -0.4 is 5.84 Å². The Balaban J connectivity index is 2.42. The Morgan fingerprint density at radius 3 is 2.47 bits per heavy atom. The molecule has 0 bridgehead atoms. The molecule has 1 aromatic rings. The van der Waals surface area contributed by atoms with Crippen molar-refractivity contribution in [3.63, 3.8) is 0 Å². The Bertz CT molecular complexity index is 258. The molecule has 1 atom stereocenters. The van der Waals surface area contributed by atoms with E-state index < -0.39 is 0 Å². The van der Waals surface area contributed by atoms with Gasteiger partial charge in [0.25, 0.3) is 0 Å². The number of hydrogen-bond acceptors (Lipinski definition) is 2. The lowest BCUT2D eigenvalue weighted by molar-refractivity contribution is 0.211. The summed E-state index contributed by atoms with van der Waals surface area (Å²) < 4.78 is 0. The van der Waals surface area contributed by atoms with Crippen LogP contribution in [0.4, 0.5) is 0 Å². The van der Waals surface area contributed by atoms with Gasteiger partial charge in [0, 0.05) is 12.6 Å². The minimum atomic E-state index is 0.308. The minimum Gasteiger partial charge on any atom is -0.268 e. The maximum Gasteiger partial charge on any atom is 0.0462 e. The Kier molecular flexibility index (Phi) is 5.37. The van der Waals surface area contributed by atoms with Gasteiger partial charge >= 0.3 is 0 Å². The molecule has 0 aromatic heterocycles. The molecule has 0 saturated heterocycles. The quantitative estimate of drug-likeness (QED) is 0.440. The van der Waals surface area contributed by atoms with Crippen molar-refractivity contribution in [3.05, 3.63) is 35.9 Å². The van der Waals surface area contributed by atoms with E-state index in [2.05, 4.69) is 38.1 Å². The molecule has 0 spiro atoms. The molecule has 0 amide bonds. The lowest BCUT2D eigenvalue weighted by Gasteiger charge is -2.24. The molecule has 2 N–H and O–H groups in total. The Morgan fingerprint density at radius 1 is 1.20 bits per heavy atom. The molecule has 2 nitrogen and oxygen atoms in total. The van der Waals surface area contributed by atoms with Gasteiger partial charge in [0.05, 0.1) is 0 Å². The third kappa shape index (κ3) is 4.02. The van der Waals surface area contributed by atoms with E-state index in [1.807, 2.05) is 11.1 Å². The van der Waals surface area contributed by atoms with Crippen LogP contribution in [0, 0.1) is 0 Å². The number of hydrogen-bond donors (Lipinski definition) is 1. The van der Waals surface area contributed by atoms with Crippen LogP contribution in [0.15, 0.2) is 30.3 Å². The summed E-state index contributed by atoms with van der Waals surface area (Å²) in [7, 11) is 0. The van der Waals surface area contributed by atoms with Gasteiger partial charge in [-0.15, -0.1) is 0 Å². The van der Waals surface area contributed by atoms with Crippen LogP contribution in [-0.4, -0.2) is 11.6 Å². The minimum absolute atomic E-state index is 0.308. The average Bonchev–Trinajstić information content (AvgIpc) is 2.29. The molecule has 0 aliphatic heterocycles. The number of nitrogens with zero attached hydrogens (tertiary/aromatic N) is 1. The molecule has 2 heteroatoms. The third-order valence-electron chi connectivity index (χ3n) is 2.80. The van der Waals surface area contributed by atoms with Crippen LogP contribution in [-0.2, 0) is 0 Å². The highest BCUT2D eigenvalue weighted by Crippen LogP contribution is 2.16. The Morgan fingerprint density at radius 2 is 1.87 bits per heavy atom. The molecule has 1 unspecified atom stereocenters. The van der Waals surface area contributed by atoms with E-state index in [1.54, 1.807) is 0 Å². The number of rotatable bonds is 6. The molecule has 0 heterocycles. The summed E-state index contributed by atoms with van der Waals surface area (Å²) in [6, 6.07) is 10.7. The molecule has 0 aliphatic rings. The van der Waals surface area contributed by atoms with Crippen molar-refractivity contribution in [3.8, 4) is 0 Å². The Labute approximate surface area is 93.1 Å². The summed E-state index contributed by atoms with van der Waals surface area (Å²) >= 11 is 0. The second-order valence-corrected chi connectivity index (χ2v) is 4.03. The molecule has 0 radical (unpaired) electrons. The van der Waals surface area contributed by atoms with Gasteiger partial charge in [0.2, 0.25) is 0 Å². The van der Waals surface area contributed by atoms with Gasteiger partial charge < -0.3 is 0 Å². The van der Waals surface area contributed by atoms with Gasteiger partial charge in [-0.05, 0) is 18.9 Å². The first-order valence-corrected chi connectivity index (χ1v) is 5.82. The van der Waals surface area contributed by atoms with E-state index in [0.29, 0.717) is 6.04 Å². The van der Waals surface area contributed by atoms with Crippen molar-refractivity contribution < 1.29 is 0 Å². The fourth-order valence-electron chi connectivity index (χ4n) is 1.66. The van der Waals surface area contributed by atoms with Gasteiger partial charge in [-0.3, -0.25) is 5.84 Å². The normalized spacial score (nSPS) is 13.1. The van der Waals surface area contributed by atoms with Crippen molar-refractivity contribution in [2.45, 2.75) is 39.2 Å². The molecule has 1 aromatic carbocycles. The average molecular weight is 206 g/mol. The summed E-state index contributed by atoms with van der Waals surface area (Å²) in [4.78, 5) is 0. The first-order chi connectivity index (χ1) is 7.25. The van der Waals surface area contributed by atoms with Crippen LogP contribution in [0.2, 0.25) is 0 Å². The molecule has 1 rings (SSSR count). The standard InChI is InChI=1S/C13H22N2/c1-3-4-8-11-15(14)12(2)13-9-6-5-7-10-13/h5-7,9-10,12H,3-4,8,11,14H2,1-2H3. The number of unbranched alkanes of at least 4 members (excludes halogenated alkanes) is 2. The second kappa shape index (κ2) is 6.59. The van der Waals surface area contributed by atoms with E-state index >= 15 is 0 Å². The highest BCUT2D eigenvalue weighted by Gasteiger charge is 2.10. The summed E-state index contributed by atoms with van der Waals surface area (Å²) in [5.74, 6) is 6.02. The van der Waals surface area contributed by atoms with Gasteiger partial charge in [-0.25, -0.2) is 5.01 Å². The first kappa shape index (κ1) is 12.2. The SMILES string of the molecule is CCCCCN(N)C(C)c1ccccc1. The fourth-order valence-corrected chi connectivity index (χ4v) is 1.66. The van der Waals surface area contributed by atoms with Crippen LogP contribution in [0.1, 0.15) is 44.7 Å². The van der Waals surface area contributed by atoms with Crippen molar-refractivity contribution in [1.29, 1.82) is 0 Å². The topological polar surface area (TPSA) is 29.3 Å². The lowest BCUT2D eigenvalue weighted by atomic mass is 10.1. The monoisotopic (exact) mass is 206 g/mol. The number of nitrogens with two attached hydrogens (primary N) is 1. The molecule has 0 aliphatic carbocycles. The molecule has 84 valence electrons. The number of hydrazine groups is 1. The molecule has 0 saturated carbocycles. The van der Waals surface area contributed by atoms with Crippen LogP contribution in [0.5, 0.6) is 0 Å². The van der Waals surface area contributed by atoms with Crippen LogP contribution >= 0.6 is 0 Å². The van der Waals surface area contributed by atoms with Gasteiger partial charge in [-0.1, -0.05) is 50.1 Å². The van der Waals surface area contributed by atoms with Gasteiger partial charge in [0.1, 0.15) is 0 Å². The number of benzene rings is 1. The maximum absolute atomic E-state index is 6.02. The third-order valence-corrected chi connectivity index (χ3v) is 2.80. The second-order valence-electron chi connectivity index (χ2n) is 4.03. The fraction of sp³-hybridized carbons (Fsp3) is 0.538. The highest BCUT2D eigenvalue weighted by molar-refractivity contribution is 5.17. The summed E-state index contributed by atoms with van der Waals surface area (Å²) in [6.45, 7) is 5.34. The lowest BCUT2D eigenvalue weighted by Crippen LogP contribution is -2.34. The van der Waals surface area contributed by atoms with Crippen molar-refractivity contribution >= 4 is 0 Å². The molecular formula is C13H22N2. The van der Waals surface area contributed by atoms with Gasteiger partial charge in [-0.2, -0.15) is 0 Å².